The summed E-state index contributed by atoms with van der Waals surface area (Å²) in [5.41, 5.74) is 8.87. The van der Waals surface area contributed by atoms with Crippen molar-refractivity contribution in [3.63, 3.8) is 0 Å². The van der Waals surface area contributed by atoms with Gasteiger partial charge in [0.05, 0.1) is 0 Å². The second kappa shape index (κ2) is 2.93. The van der Waals surface area contributed by atoms with E-state index in [9.17, 15) is 0 Å². The summed E-state index contributed by atoms with van der Waals surface area (Å²) in [7, 11) is 0. The van der Waals surface area contributed by atoms with Crippen LogP contribution in [0, 0.1) is 0 Å². The third kappa shape index (κ3) is 1.38. The second-order valence-electron chi connectivity index (χ2n) is 4.12. The van der Waals surface area contributed by atoms with Crippen LogP contribution in [0.4, 0.5) is 0 Å². The van der Waals surface area contributed by atoms with Crippen LogP contribution in [0.3, 0.4) is 0 Å². The Labute approximate surface area is 75.7 Å². The maximum atomic E-state index is 2.19. The van der Waals surface area contributed by atoms with Gasteiger partial charge >= 0.3 is 0 Å². The lowest BCUT2D eigenvalue weighted by Crippen LogP contribution is -1.62. The van der Waals surface area contributed by atoms with Gasteiger partial charge in [0.25, 0.3) is 0 Å². The average molecular weight is 162 g/mol. The normalized spacial score (nSPS) is 15.0. The van der Waals surface area contributed by atoms with E-state index >= 15 is 0 Å². The third-order valence-corrected chi connectivity index (χ3v) is 2.19. The highest BCUT2D eigenvalue weighted by atomic mass is 14.4. The van der Waals surface area contributed by atoms with Gasteiger partial charge in [0.1, 0.15) is 0 Å². The summed E-state index contributed by atoms with van der Waals surface area (Å²) < 4.78 is 0. The molecule has 66 valence electrons. The highest BCUT2D eigenvalue weighted by molar-refractivity contribution is 5.81. The Bertz CT molecular complexity index is 233. The Hall–Kier alpha value is -0.780. The fourth-order valence-corrected chi connectivity index (χ4v) is 1.69. The van der Waals surface area contributed by atoms with Crippen molar-refractivity contribution >= 4 is 0 Å². The van der Waals surface area contributed by atoms with Crippen molar-refractivity contribution in [2.75, 3.05) is 0 Å². The predicted octanol–water partition coefficient (Wildman–Crippen LogP) is 4.01. The molecule has 0 amide bonds. The van der Waals surface area contributed by atoms with Crippen LogP contribution in [0.1, 0.15) is 41.5 Å². The summed E-state index contributed by atoms with van der Waals surface area (Å²) in [6, 6.07) is 0. The van der Waals surface area contributed by atoms with Crippen molar-refractivity contribution in [1.82, 2.24) is 0 Å². The lowest BCUT2D eigenvalue weighted by Gasteiger charge is -1.82. The second-order valence-corrected chi connectivity index (χ2v) is 4.12. The van der Waals surface area contributed by atoms with Gasteiger partial charge in [0.2, 0.25) is 0 Å². The minimum absolute atomic E-state index is 1.45. The maximum Gasteiger partial charge on any atom is -0.0114 e. The molecule has 1 aliphatic carbocycles. The molecule has 12 heavy (non-hydrogen) atoms. The first kappa shape index (κ1) is 9.31. The lowest BCUT2D eigenvalue weighted by molar-refractivity contribution is 1.35. The minimum Gasteiger partial charge on any atom is -0.0679 e. The fourth-order valence-electron chi connectivity index (χ4n) is 1.69. The molecule has 0 saturated heterocycles. The van der Waals surface area contributed by atoms with E-state index in [-0.39, 0.29) is 0 Å². The molecule has 0 spiro atoms. The summed E-state index contributed by atoms with van der Waals surface area (Å²) in [6.45, 7) is 13.1. The first-order chi connectivity index (χ1) is 5.46. The Morgan fingerprint density at radius 3 is 0.750 bits per heavy atom. The van der Waals surface area contributed by atoms with E-state index in [4.69, 9.17) is 0 Å². The van der Waals surface area contributed by atoms with Crippen LogP contribution >= 0.6 is 0 Å². The molecule has 1 fully saturated rings. The highest BCUT2D eigenvalue weighted by Crippen LogP contribution is 2.50. The van der Waals surface area contributed by atoms with Gasteiger partial charge in [0.15, 0.2) is 0 Å². The van der Waals surface area contributed by atoms with Crippen LogP contribution in [0.5, 0.6) is 0 Å². The van der Waals surface area contributed by atoms with Crippen LogP contribution < -0.4 is 0 Å². The molecule has 0 aromatic heterocycles. The first-order valence-corrected chi connectivity index (χ1v) is 4.50. The van der Waals surface area contributed by atoms with Crippen LogP contribution in [-0.4, -0.2) is 0 Å². The standard InChI is InChI=1S/C12H18/c1-7(2)10-11(8(3)4)12(10)9(5)6/h1-6H3. The molecule has 0 bridgehead atoms. The van der Waals surface area contributed by atoms with Crippen LogP contribution in [0.15, 0.2) is 33.4 Å². The van der Waals surface area contributed by atoms with Crippen molar-refractivity contribution in [2.24, 2.45) is 0 Å². The monoisotopic (exact) mass is 162 g/mol. The van der Waals surface area contributed by atoms with Gasteiger partial charge in [-0.3, -0.25) is 0 Å². The van der Waals surface area contributed by atoms with E-state index in [0.29, 0.717) is 0 Å². The van der Waals surface area contributed by atoms with Gasteiger partial charge in [0, 0.05) is 0 Å². The van der Waals surface area contributed by atoms with E-state index in [1.807, 2.05) is 0 Å². The molecule has 1 rings (SSSR count). The molecule has 0 nitrogen and oxygen atoms in total. The zero-order valence-electron chi connectivity index (χ0n) is 9.00. The van der Waals surface area contributed by atoms with Gasteiger partial charge in [-0.15, -0.1) is 0 Å². The number of allylic oxidation sites excluding steroid dienone is 6. The molecule has 0 aliphatic heterocycles. The summed E-state index contributed by atoms with van der Waals surface area (Å²) in [6.07, 6.45) is 0. The Kier molecular flexibility index (Phi) is 2.27. The predicted molar refractivity (Wildman–Crippen MR) is 55.1 cm³/mol. The Morgan fingerprint density at radius 2 is 0.667 bits per heavy atom. The Balaban J connectivity index is 3.26. The molecule has 0 aromatic rings. The third-order valence-electron chi connectivity index (χ3n) is 2.19. The van der Waals surface area contributed by atoms with Gasteiger partial charge in [-0.25, -0.2) is 0 Å². The molecule has 0 aromatic carbocycles. The number of rotatable bonds is 0. The Morgan fingerprint density at radius 1 is 0.500 bits per heavy atom. The van der Waals surface area contributed by atoms with Gasteiger partial charge in [-0.05, 0) is 58.3 Å². The average Bonchev–Trinajstić information content (AvgIpc) is 2.58. The fraction of sp³-hybridized carbons (Fsp3) is 0.500. The van der Waals surface area contributed by atoms with Crippen molar-refractivity contribution in [2.45, 2.75) is 41.5 Å². The van der Waals surface area contributed by atoms with E-state index in [1.54, 1.807) is 0 Å². The maximum absolute atomic E-state index is 2.19. The highest BCUT2D eigenvalue weighted by Gasteiger charge is 2.32. The first-order valence-electron chi connectivity index (χ1n) is 4.50. The molecule has 0 heterocycles. The van der Waals surface area contributed by atoms with Crippen molar-refractivity contribution < 1.29 is 0 Å². The van der Waals surface area contributed by atoms with E-state index in [0.717, 1.165) is 0 Å². The molecule has 1 saturated carbocycles. The molecular formula is C12H18. The van der Waals surface area contributed by atoms with Crippen LogP contribution in [0.25, 0.3) is 0 Å². The topological polar surface area (TPSA) is 0 Å². The van der Waals surface area contributed by atoms with Crippen molar-refractivity contribution in [1.29, 1.82) is 0 Å². The molecule has 0 atom stereocenters. The summed E-state index contributed by atoms with van der Waals surface area (Å²) in [5.74, 6) is 0. The van der Waals surface area contributed by atoms with Gasteiger partial charge in [-0.1, -0.05) is 16.7 Å². The molecular weight excluding hydrogens is 144 g/mol. The van der Waals surface area contributed by atoms with Crippen molar-refractivity contribution in [3.05, 3.63) is 33.4 Å². The van der Waals surface area contributed by atoms with Crippen molar-refractivity contribution in [3.8, 4) is 0 Å². The van der Waals surface area contributed by atoms with Gasteiger partial charge in [-0.2, -0.15) is 0 Å². The summed E-state index contributed by atoms with van der Waals surface area (Å²) >= 11 is 0. The quantitative estimate of drug-likeness (QED) is 0.505. The number of hydrogen-bond donors (Lipinski definition) is 0. The molecule has 0 heteroatoms. The van der Waals surface area contributed by atoms with Crippen LogP contribution in [-0.2, 0) is 0 Å². The largest absolute Gasteiger partial charge is 0.0679 e. The molecule has 0 N–H and O–H groups in total. The molecule has 0 radical (unpaired) electrons. The summed E-state index contributed by atoms with van der Waals surface area (Å²) in [4.78, 5) is 0. The van der Waals surface area contributed by atoms with E-state index in [2.05, 4.69) is 41.5 Å². The van der Waals surface area contributed by atoms with Crippen LogP contribution in [0.2, 0.25) is 0 Å². The van der Waals surface area contributed by atoms with E-state index < -0.39 is 0 Å². The number of hydrogen-bond acceptors (Lipinski definition) is 0. The molecule has 0 unspecified atom stereocenters. The summed E-state index contributed by atoms with van der Waals surface area (Å²) in [5, 5.41) is 0. The van der Waals surface area contributed by atoms with E-state index in [1.165, 1.54) is 33.4 Å². The molecule has 1 aliphatic rings. The smallest absolute Gasteiger partial charge is 0.0114 e. The van der Waals surface area contributed by atoms with Gasteiger partial charge < -0.3 is 0 Å². The SMILES string of the molecule is CC(C)=C1C(=C(C)C)C1=C(C)C. The minimum atomic E-state index is 1.45. The zero-order valence-corrected chi connectivity index (χ0v) is 9.00. The lowest BCUT2D eigenvalue weighted by atomic mass is 10.2. The zero-order chi connectivity index (χ0) is 9.46.